The molecule has 0 saturated heterocycles. The second-order valence-corrected chi connectivity index (χ2v) is 3.23. The third-order valence-electron chi connectivity index (χ3n) is 1.33. The number of allylic oxidation sites excluding steroid dienone is 5. The Balaban J connectivity index is 2.80. The SMILES string of the molecule is C=C1C=CC=CC1[P+](=O)O. The van der Waals surface area contributed by atoms with E-state index in [1.165, 1.54) is 0 Å². The smallest absolute Gasteiger partial charge is 0.160 e. The molecule has 0 aromatic carbocycles. The molecule has 1 aliphatic rings. The van der Waals surface area contributed by atoms with E-state index in [-0.39, 0.29) is 5.66 Å². The van der Waals surface area contributed by atoms with Crippen molar-refractivity contribution in [2.75, 3.05) is 0 Å². The summed E-state index contributed by atoms with van der Waals surface area (Å²) in [7, 11) is -2.15. The van der Waals surface area contributed by atoms with Gasteiger partial charge in [0.25, 0.3) is 0 Å². The third kappa shape index (κ3) is 1.41. The molecule has 3 heteroatoms. The van der Waals surface area contributed by atoms with Crippen LogP contribution >= 0.6 is 8.03 Å². The van der Waals surface area contributed by atoms with Crippen molar-refractivity contribution in [3.63, 3.8) is 0 Å². The molecule has 10 heavy (non-hydrogen) atoms. The Labute approximate surface area is 60.4 Å². The lowest BCUT2D eigenvalue weighted by Crippen LogP contribution is -2.01. The van der Waals surface area contributed by atoms with Crippen molar-refractivity contribution in [3.8, 4) is 0 Å². The molecule has 52 valence electrons. The van der Waals surface area contributed by atoms with Crippen LogP contribution in [-0.2, 0) is 4.57 Å². The molecule has 1 rings (SSSR count). The van der Waals surface area contributed by atoms with Gasteiger partial charge in [-0.05, 0) is 10.6 Å². The molecule has 2 atom stereocenters. The molecule has 0 spiro atoms. The molecule has 0 amide bonds. The van der Waals surface area contributed by atoms with Gasteiger partial charge in [-0.1, -0.05) is 24.8 Å². The molecule has 0 aliphatic heterocycles. The van der Waals surface area contributed by atoms with E-state index in [9.17, 15) is 4.57 Å². The second-order valence-electron chi connectivity index (χ2n) is 2.07. The fraction of sp³-hybridized carbons (Fsp3) is 0.143. The first-order chi connectivity index (χ1) is 4.72. The minimum Gasteiger partial charge on any atom is -0.160 e. The van der Waals surface area contributed by atoms with Crippen molar-refractivity contribution in [2.24, 2.45) is 0 Å². The average Bonchev–Trinajstić information content (AvgIpc) is 1.88. The van der Waals surface area contributed by atoms with Gasteiger partial charge in [-0.2, -0.15) is 4.89 Å². The molecule has 0 radical (unpaired) electrons. The van der Waals surface area contributed by atoms with E-state index in [1.54, 1.807) is 24.3 Å². The van der Waals surface area contributed by atoms with E-state index in [4.69, 9.17) is 4.89 Å². The molecule has 0 bridgehead atoms. The third-order valence-corrected chi connectivity index (χ3v) is 2.31. The summed E-state index contributed by atoms with van der Waals surface area (Å²) in [5, 5.41) is 0. The number of rotatable bonds is 1. The molecular weight excluding hydrogens is 147 g/mol. The highest BCUT2D eigenvalue weighted by molar-refractivity contribution is 7.39. The molecule has 2 nitrogen and oxygen atoms in total. The highest BCUT2D eigenvalue weighted by atomic mass is 31.1. The summed E-state index contributed by atoms with van der Waals surface area (Å²) in [4.78, 5) is 8.71. The minimum atomic E-state index is -2.15. The first-order valence-electron chi connectivity index (χ1n) is 2.91. The predicted molar refractivity (Wildman–Crippen MR) is 41.0 cm³/mol. The van der Waals surface area contributed by atoms with Gasteiger partial charge in [-0.25, -0.2) is 0 Å². The molecule has 0 aromatic rings. The Hall–Kier alpha value is -0.720. The van der Waals surface area contributed by atoms with E-state index in [0.717, 1.165) is 0 Å². The second kappa shape index (κ2) is 2.91. The quantitative estimate of drug-likeness (QED) is 0.586. The van der Waals surface area contributed by atoms with Crippen molar-refractivity contribution < 1.29 is 9.46 Å². The zero-order chi connectivity index (χ0) is 7.56. The molecule has 1 N–H and O–H groups in total. The van der Waals surface area contributed by atoms with E-state index >= 15 is 0 Å². The van der Waals surface area contributed by atoms with Gasteiger partial charge >= 0.3 is 8.03 Å². The Morgan fingerprint density at radius 1 is 1.60 bits per heavy atom. The molecule has 0 saturated carbocycles. The number of hydrogen-bond donors (Lipinski definition) is 1. The van der Waals surface area contributed by atoms with Gasteiger partial charge in [-0.3, -0.25) is 0 Å². The topological polar surface area (TPSA) is 37.3 Å². The van der Waals surface area contributed by atoms with E-state index < -0.39 is 8.03 Å². The lowest BCUT2D eigenvalue weighted by molar-refractivity contribution is 0.500. The van der Waals surface area contributed by atoms with Crippen molar-refractivity contribution in [1.82, 2.24) is 0 Å². The maximum Gasteiger partial charge on any atom is 0.517 e. The van der Waals surface area contributed by atoms with Crippen LogP contribution in [0, 0.1) is 0 Å². The summed E-state index contributed by atoms with van der Waals surface area (Å²) in [6.45, 7) is 3.64. The van der Waals surface area contributed by atoms with Gasteiger partial charge in [0.2, 0.25) is 5.66 Å². The minimum absolute atomic E-state index is 0.375. The molecule has 1 aliphatic carbocycles. The number of hydrogen-bond acceptors (Lipinski definition) is 1. The molecular formula is C7H8O2P+. The Morgan fingerprint density at radius 2 is 2.30 bits per heavy atom. The predicted octanol–water partition coefficient (Wildman–Crippen LogP) is 1.77. The van der Waals surface area contributed by atoms with Crippen molar-refractivity contribution >= 4 is 8.03 Å². The van der Waals surface area contributed by atoms with Crippen LogP contribution in [0.2, 0.25) is 0 Å². The Morgan fingerprint density at radius 3 is 2.70 bits per heavy atom. The van der Waals surface area contributed by atoms with Crippen molar-refractivity contribution in [2.45, 2.75) is 5.66 Å². The Bertz CT molecular complexity index is 228. The van der Waals surface area contributed by atoms with E-state index in [2.05, 4.69) is 6.58 Å². The van der Waals surface area contributed by atoms with Crippen LogP contribution in [0.15, 0.2) is 36.5 Å². The lowest BCUT2D eigenvalue weighted by atomic mass is 10.1. The Kier molecular flexibility index (Phi) is 2.15. The van der Waals surface area contributed by atoms with Gasteiger partial charge < -0.3 is 0 Å². The maximum atomic E-state index is 10.6. The molecule has 0 heterocycles. The molecule has 2 unspecified atom stereocenters. The zero-order valence-corrected chi connectivity index (χ0v) is 6.29. The van der Waals surface area contributed by atoms with Crippen molar-refractivity contribution in [3.05, 3.63) is 36.5 Å². The highest BCUT2D eigenvalue weighted by Gasteiger charge is 2.28. The maximum absolute atomic E-state index is 10.6. The van der Waals surface area contributed by atoms with Crippen LogP contribution in [0.4, 0.5) is 0 Å². The average molecular weight is 155 g/mol. The lowest BCUT2D eigenvalue weighted by Gasteiger charge is -2.00. The summed E-state index contributed by atoms with van der Waals surface area (Å²) in [6, 6.07) is 0. The van der Waals surface area contributed by atoms with Crippen LogP contribution in [0.5, 0.6) is 0 Å². The fourth-order valence-electron chi connectivity index (χ4n) is 0.786. The van der Waals surface area contributed by atoms with E-state index in [0.29, 0.717) is 5.57 Å². The van der Waals surface area contributed by atoms with Crippen molar-refractivity contribution in [1.29, 1.82) is 0 Å². The largest absolute Gasteiger partial charge is 0.517 e. The van der Waals surface area contributed by atoms with Gasteiger partial charge in [0.1, 0.15) is 0 Å². The van der Waals surface area contributed by atoms with Gasteiger partial charge in [0.05, 0.1) is 0 Å². The summed E-state index contributed by atoms with van der Waals surface area (Å²) >= 11 is 0. The first kappa shape index (κ1) is 7.39. The summed E-state index contributed by atoms with van der Waals surface area (Å²) in [5.74, 6) is 0. The standard InChI is InChI=1S/C7H7O2P/c1-6-4-2-3-5-7(6)10(8)9/h2-5,7H,1H2/p+1. The summed E-state index contributed by atoms with van der Waals surface area (Å²) < 4.78 is 10.6. The molecule has 0 fully saturated rings. The van der Waals surface area contributed by atoms with Crippen LogP contribution < -0.4 is 0 Å². The first-order valence-corrected chi connectivity index (χ1v) is 4.19. The fourth-order valence-corrected chi connectivity index (χ4v) is 1.40. The molecule has 0 aromatic heterocycles. The van der Waals surface area contributed by atoms with Gasteiger partial charge in [0.15, 0.2) is 0 Å². The van der Waals surface area contributed by atoms with E-state index in [1.807, 2.05) is 0 Å². The van der Waals surface area contributed by atoms with Crippen LogP contribution in [0.25, 0.3) is 0 Å². The summed E-state index contributed by atoms with van der Waals surface area (Å²) in [6.07, 6.45) is 6.98. The van der Waals surface area contributed by atoms with Crippen LogP contribution in [0.3, 0.4) is 0 Å². The zero-order valence-electron chi connectivity index (χ0n) is 5.40. The highest BCUT2D eigenvalue weighted by Crippen LogP contribution is 2.31. The van der Waals surface area contributed by atoms with Gasteiger partial charge in [0, 0.05) is 5.57 Å². The monoisotopic (exact) mass is 155 g/mol. The van der Waals surface area contributed by atoms with Crippen LogP contribution in [-0.4, -0.2) is 10.6 Å². The normalized spacial score (nSPS) is 25.1. The van der Waals surface area contributed by atoms with Crippen LogP contribution in [0.1, 0.15) is 0 Å². The summed E-state index contributed by atoms with van der Waals surface area (Å²) in [5.41, 5.74) is 0.325. The van der Waals surface area contributed by atoms with Gasteiger partial charge in [-0.15, -0.1) is 0 Å².